The first-order chi connectivity index (χ1) is 16.0. The maximum absolute atomic E-state index is 13.0. The van der Waals surface area contributed by atoms with Gasteiger partial charge in [0.25, 0.3) is 0 Å². The Kier molecular flexibility index (Phi) is 6.35. The SMILES string of the molecule is O=C(Nc1ccc(Oc2ccc(F)cc2)cc1)[C@H]1C[C@H](S(=O)(=O)c2cccc(C(F)(F)F)c2)C1. The minimum absolute atomic E-state index is 0.0240. The predicted octanol–water partition coefficient (Wildman–Crippen LogP) is 5.83. The van der Waals surface area contributed by atoms with Crippen molar-refractivity contribution in [3.8, 4) is 11.5 Å². The van der Waals surface area contributed by atoms with E-state index in [0.29, 0.717) is 23.3 Å². The van der Waals surface area contributed by atoms with Crippen LogP contribution in [0.2, 0.25) is 0 Å². The number of alkyl halides is 3. The number of rotatable bonds is 6. The molecule has 0 bridgehead atoms. The standard InChI is InChI=1S/C24H19F4NO4S/c25-17-4-8-19(9-5-17)33-20-10-6-18(7-11-20)29-23(30)15-12-22(13-15)34(31,32)21-3-1-2-16(14-21)24(26,27)28/h1-11,14-15,22H,12-13H2,(H,29,30)/t15-,22-. The zero-order chi connectivity index (χ0) is 24.5. The van der Waals surface area contributed by atoms with Gasteiger partial charge in [-0.1, -0.05) is 6.07 Å². The summed E-state index contributed by atoms with van der Waals surface area (Å²) in [6.45, 7) is 0. The van der Waals surface area contributed by atoms with Crippen LogP contribution in [-0.4, -0.2) is 19.6 Å². The van der Waals surface area contributed by atoms with Crippen LogP contribution in [0, 0.1) is 11.7 Å². The number of nitrogens with one attached hydrogen (secondary N) is 1. The van der Waals surface area contributed by atoms with Crippen molar-refractivity contribution in [2.45, 2.75) is 29.2 Å². The molecule has 4 rings (SSSR count). The molecule has 0 saturated heterocycles. The average molecular weight is 493 g/mol. The summed E-state index contributed by atoms with van der Waals surface area (Å²) in [5, 5.41) is 1.78. The number of halogens is 4. The summed E-state index contributed by atoms with van der Waals surface area (Å²) in [6, 6.07) is 15.5. The zero-order valence-corrected chi connectivity index (χ0v) is 18.4. The van der Waals surface area contributed by atoms with Crippen LogP contribution in [0.3, 0.4) is 0 Å². The molecule has 3 aromatic carbocycles. The Morgan fingerprint density at radius 2 is 1.50 bits per heavy atom. The van der Waals surface area contributed by atoms with E-state index in [-0.39, 0.29) is 24.6 Å². The molecule has 1 aliphatic rings. The highest BCUT2D eigenvalue weighted by molar-refractivity contribution is 7.92. The molecule has 0 atom stereocenters. The molecule has 0 aromatic heterocycles. The normalized spacial score (nSPS) is 18.1. The summed E-state index contributed by atoms with van der Waals surface area (Å²) in [4.78, 5) is 12.1. The first kappa shape index (κ1) is 23.7. The van der Waals surface area contributed by atoms with Crippen LogP contribution in [0.5, 0.6) is 11.5 Å². The lowest BCUT2D eigenvalue weighted by atomic mass is 9.84. The molecule has 178 valence electrons. The van der Waals surface area contributed by atoms with Gasteiger partial charge in [0.05, 0.1) is 15.7 Å². The number of anilines is 1. The van der Waals surface area contributed by atoms with E-state index in [2.05, 4.69) is 5.32 Å². The maximum Gasteiger partial charge on any atom is 0.416 e. The van der Waals surface area contributed by atoms with E-state index in [9.17, 15) is 30.8 Å². The third kappa shape index (κ3) is 5.22. The van der Waals surface area contributed by atoms with Gasteiger partial charge in [0.15, 0.2) is 9.84 Å². The first-order valence-electron chi connectivity index (χ1n) is 10.3. The van der Waals surface area contributed by atoms with Gasteiger partial charge in [-0.25, -0.2) is 12.8 Å². The number of sulfone groups is 1. The first-order valence-corrected chi connectivity index (χ1v) is 11.8. The number of hydrogen-bond donors (Lipinski definition) is 1. The van der Waals surface area contributed by atoms with Crippen LogP contribution in [-0.2, 0) is 20.8 Å². The second kappa shape index (κ2) is 9.09. The highest BCUT2D eigenvalue weighted by Crippen LogP contribution is 2.38. The number of carbonyl (C=O) groups excluding carboxylic acids is 1. The van der Waals surface area contributed by atoms with Gasteiger partial charge in [0, 0.05) is 11.6 Å². The van der Waals surface area contributed by atoms with Crippen molar-refractivity contribution in [1.82, 2.24) is 0 Å². The summed E-state index contributed by atoms with van der Waals surface area (Å²) in [5.41, 5.74) is -0.560. The van der Waals surface area contributed by atoms with Crippen molar-refractivity contribution in [1.29, 1.82) is 0 Å². The summed E-state index contributed by atoms with van der Waals surface area (Å²) in [5.74, 6) is -0.407. The second-order valence-corrected chi connectivity index (χ2v) is 10.2. The van der Waals surface area contributed by atoms with Crippen molar-refractivity contribution in [3.05, 3.63) is 84.2 Å². The Labute approximate surface area is 193 Å². The molecule has 0 radical (unpaired) electrons. The van der Waals surface area contributed by atoms with Gasteiger partial charge in [-0.05, 0) is 79.6 Å². The smallest absolute Gasteiger partial charge is 0.416 e. The Morgan fingerprint density at radius 3 is 2.09 bits per heavy atom. The summed E-state index contributed by atoms with van der Waals surface area (Å²) >= 11 is 0. The molecular formula is C24H19F4NO4S. The Balaban J connectivity index is 1.33. The van der Waals surface area contributed by atoms with Crippen molar-refractivity contribution in [2.75, 3.05) is 5.32 Å². The fourth-order valence-electron chi connectivity index (χ4n) is 3.56. The Bertz CT molecular complexity index is 1280. The molecule has 0 spiro atoms. The van der Waals surface area contributed by atoms with Gasteiger partial charge in [-0.15, -0.1) is 0 Å². The summed E-state index contributed by atoms with van der Waals surface area (Å²) in [6.07, 6.45) is -4.60. The molecule has 0 aliphatic heterocycles. The third-order valence-electron chi connectivity index (χ3n) is 5.57. The van der Waals surface area contributed by atoms with Crippen LogP contribution < -0.4 is 10.1 Å². The molecular weight excluding hydrogens is 474 g/mol. The molecule has 34 heavy (non-hydrogen) atoms. The van der Waals surface area contributed by atoms with Gasteiger partial charge in [-0.2, -0.15) is 13.2 Å². The summed E-state index contributed by atoms with van der Waals surface area (Å²) < 4.78 is 82.6. The molecule has 10 heteroatoms. The van der Waals surface area contributed by atoms with Gasteiger partial charge < -0.3 is 10.1 Å². The molecule has 3 aromatic rings. The van der Waals surface area contributed by atoms with Crippen molar-refractivity contribution >= 4 is 21.4 Å². The molecule has 1 fully saturated rings. The molecule has 1 N–H and O–H groups in total. The monoisotopic (exact) mass is 493 g/mol. The van der Waals surface area contributed by atoms with Gasteiger partial charge in [-0.3, -0.25) is 4.79 Å². The number of carbonyl (C=O) groups is 1. The molecule has 0 unspecified atom stereocenters. The second-order valence-electron chi connectivity index (χ2n) is 7.93. The van der Waals surface area contributed by atoms with Gasteiger partial charge in [0.1, 0.15) is 17.3 Å². The van der Waals surface area contributed by atoms with E-state index in [1.54, 1.807) is 24.3 Å². The van der Waals surface area contributed by atoms with E-state index in [1.807, 2.05) is 0 Å². The molecule has 1 amide bonds. The zero-order valence-electron chi connectivity index (χ0n) is 17.6. The topological polar surface area (TPSA) is 72.5 Å². The van der Waals surface area contributed by atoms with E-state index >= 15 is 0 Å². The maximum atomic E-state index is 13.0. The largest absolute Gasteiger partial charge is 0.457 e. The Hall–Kier alpha value is -3.40. The van der Waals surface area contributed by atoms with Crippen molar-refractivity contribution < 1.29 is 35.5 Å². The molecule has 5 nitrogen and oxygen atoms in total. The van der Waals surface area contributed by atoms with Crippen LogP contribution >= 0.6 is 0 Å². The van der Waals surface area contributed by atoms with E-state index < -0.39 is 37.6 Å². The molecule has 0 heterocycles. The fourth-order valence-corrected chi connectivity index (χ4v) is 5.48. The number of amides is 1. The van der Waals surface area contributed by atoms with Crippen LogP contribution in [0.25, 0.3) is 0 Å². The molecule has 1 saturated carbocycles. The van der Waals surface area contributed by atoms with Gasteiger partial charge in [0.2, 0.25) is 5.91 Å². The highest BCUT2D eigenvalue weighted by Gasteiger charge is 2.43. The summed E-state index contributed by atoms with van der Waals surface area (Å²) in [7, 11) is -3.98. The minimum atomic E-state index is -4.65. The third-order valence-corrected chi connectivity index (χ3v) is 7.74. The lowest BCUT2D eigenvalue weighted by Gasteiger charge is -2.33. The number of hydrogen-bond acceptors (Lipinski definition) is 4. The van der Waals surface area contributed by atoms with E-state index in [1.165, 1.54) is 24.3 Å². The van der Waals surface area contributed by atoms with Crippen LogP contribution in [0.15, 0.2) is 77.7 Å². The van der Waals surface area contributed by atoms with Crippen molar-refractivity contribution in [2.24, 2.45) is 5.92 Å². The van der Waals surface area contributed by atoms with E-state index in [4.69, 9.17) is 4.74 Å². The lowest BCUT2D eigenvalue weighted by Crippen LogP contribution is -2.42. The average Bonchev–Trinajstić information content (AvgIpc) is 2.75. The Morgan fingerprint density at radius 1 is 0.912 bits per heavy atom. The minimum Gasteiger partial charge on any atom is -0.457 e. The van der Waals surface area contributed by atoms with Crippen LogP contribution in [0.4, 0.5) is 23.2 Å². The quantitative estimate of drug-likeness (QED) is 0.439. The van der Waals surface area contributed by atoms with Gasteiger partial charge >= 0.3 is 6.18 Å². The van der Waals surface area contributed by atoms with Crippen molar-refractivity contribution in [3.63, 3.8) is 0 Å². The fraction of sp³-hybridized carbons (Fsp3) is 0.208. The lowest BCUT2D eigenvalue weighted by molar-refractivity contribution is -0.137. The van der Waals surface area contributed by atoms with Crippen LogP contribution in [0.1, 0.15) is 18.4 Å². The highest BCUT2D eigenvalue weighted by atomic mass is 32.2. The number of ether oxygens (including phenoxy) is 1. The molecule has 1 aliphatic carbocycles. The van der Waals surface area contributed by atoms with E-state index in [0.717, 1.165) is 18.2 Å². The predicted molar refractivity (Wildman–Crippen MR) is 117 cm³/mol. The number of benzene rings is 3.